The highest BCUT2D eigenvalue weighted by Gasteiger charge is 2.30. The van der Waals surface area contributed by atoms with E-state index in [1.165, 1.54) is 16.7 Å². The number of anilines is 2. The van der Waals surface area contributed by atoms with Crippen molar-refractivity contribution >= 4 is 34.2 Å². The van der Waals surface area contributed by atoms with E-state index in [1.54, 1.807) is 55.5 Å². The van der Waals surface area contributed by atoms with Crippen LogP contribution in [0.4, 0.5) is 24.5 Å². The number of rotatable bonds is 6. The molecule has 3 aromatic carbocycles. The Balaban J connectivity index is 1.74. The number of nitrogens with zero attached hydrogens (tertiary/aromatic N) is 2. The van der Waals surface area contributed by atoms with Crippen molar-refractivity contribution in [2.45, 2.75) is 26.1 Å². The van der Waals surface area contributed by atoms with Crippen LogP contribution in [0.1, 0.15) is 18.9 Å². The van der Waals surface area contributed by atoms with Gasteiger partial charge in [0.15, 0.2) is 0 Å². The topological polar surface area (TPSA) is 93.1 Å². The highest BCUT2D eigenvalue weighted by molar-refractivity contribution is 5.95. The second-order valence-electron chi connectivity index (χ2n) is 7.91. The lowest BCUT2D eigenvalue weighted by Gasteiger charge is -2.15. The Kier molecular flexibility index (Phi) is 6.86. The lowest BCUT2D eigenvalue weighted by molar-refractivity contribution is -0.137. The molecule has 36 heavy (non-hydrogen) atoms. The van der Waals surface area contributed by atoms with E-state index in [0.29, 0.717) is 22.3 Å². The summed E-state index contributed by atoms with van der Waals surface area (Å²) in [6.45, 7) is 1.23. The number of nitrogens with one attached hydrogen (secondary N) is 2. The third kappa shape index (κ3) is 5.27. The standard InChI is InChI=1S/C26H21F3N4O3/c1-2-22(34)31-19-11-4-3-10-18(19)24-25(36)33(21-13-6-5-12-20(21)32-24)15-23(35)30-17-9-7-8-16(14-17)26(27,28)29/h3-14H,2,15H2,1H3,(H,30,35)(H,31,34). The van der Waals surface area contributed by atoms with Gasteiger partial charge >= 0.3 is 6.18 Å². The first-order chi connectivity index (χ1) is 17.2. The van der Waals surface area contributed by atoms with Gasteiger partial charge in [-0.1, -0.05) is 43.3 Å². The summed E-state index contributed by atoms with van der Waals surface area (Å²) in [7, 11) is 0. The summed E-state index contributed by atoms with van der Waals surface area (Å²) in [5.41, 5.74) is 0.0509. The van der Waals surface area contributed by atoms with Gasteiger partial charge in [-0.3, -0.25) is 19.0 Å². The molecule has 0 aliphatic carbocycles. The molecule has 2 N–H and O–H groups in total. The smallest absolute Gasteiger partial charge is 0.325 e. The molecule has 0 aliphatic heterocycles. The number of alkyl halides is 3. The number of halogens is 3. The molecule has 2 amide bonds. The van der Waals surface area contributed by atoms with Crippen LogP contribution in [0.2, 0.25) is 0 Å². The Morgan fingerprint density at radius 3 is 2.39 bits per heavy atom. The van der Waals surface area contributed by atoms with Crippen molar-refractivity contribution in [2.75, 3.05) is 10.6 Å². The fourth-order valence-corrected chi connectivity index (χ4v) is 3.68. The highest BCUT2D eigenvalue weighted by atomic mass is 19.4. The van der Waals surface area contributed by atoms with Gasteiger partial charge in [-0.25, -0.2) is 4.98 Å². The average molecular weight is 494 g/mol. The number of benzene rings is 3. The molecule has 0 radical (unpaired) electrons. The zero-order chi connectivity index (χ0) is 25.9. The molecule has 0 spiro atoms. The van der Waals surface area contributed by atoms with Crippen LogP contribution in [-0.4, -0.2) is 21.4 Å². The predicted octanol–water partition coefficient (Wildman–Crippen LogP) is 5.07. The van der Waals surface area contributed by atoms with Gasteiger partial charge in [0, 0.05) is 17.7 Å². The maximum atomic E-state index is 13.5. The molecule has 0 saturated heterocycles. The van der Waals surface area contributed by atoms with Crippen LogP contribution in [0.5, 0.6) is 0 Å². The van der Waals surface area contributed by atoms with E-state index in [-0.39, 0.29) is 23.7 Å². The summed E-state index contributed by atoms with van der Waals surface area (Å²) < 4.78 is 40.3. The maximum absolute atomic E-state index is 13.5. The molecule has 4 rings (SSSR count). The summed E-state index contributed by atoms with van der Waals surface area (Å²) >= 11 is 0. The first kappa shape index (κ1) is 24.6. The summed E-state index contributed by atoms with van der Waals surface area (Å²) in [5.74, 6) is -0.935. The van der Waals surface area contributed by atoms with E-state index in [4.69, 9.17) is 0 Å². The van der Waals surface area contributed by atoms with E-state index in [0.717, 1.165) is 12.1 Å². The van der Waals surface area contributed by atoms with Crippen molar-refractivity contribution < 1.29 is 22.8 Å². The van der Waals surface area contributed by atoms with E-state index in [9.17, 15) is 27.6 Å². The monoisotopic (exact) mass is 494 g/mol. The molecular weight excluding hydrogens is 473 g/mol. The highest BCUT2D eigenvalue weighted by Crippen LogP contribution is 2.31. The van der Waals surface area contributed by atoms with E-state index in [2.05, 4.69) is 15.6 Å². The first-order valence-electron chi connectivity index (χ1n) is 11.0. The quantitative estimate of drug-likeness (QED) is 0.392. The summed E-state index contributed by atoms with van der Waals surface area (Å²) in [6, 6.07) is 17.6. The number of fused-ring (bicyclic) bond motifs is 1. The SMILES string of the molecule is CCC(=O)Nc1ccccc1-c1nc2ccccc2n(CC(=O)Nc2cccc(C(F)(F)F)c2)c1=O. The van der Waals surface area contributed by atoms with Crippen molar-refractivity contribution in [3.8, 4) is 11.3 Å². The third-order valence-electron chi connectivity index (χ3n) is 5.41. The molecule has 10 heteroatoms. The van der Waals surface area contributed by atoms with Gasteiger partial charge in [0.2, 0.25) is 11.8 Å². The molecule has 0 saturated carbocycles. The fourth-order valence-electron chi connectivity index (χ4n) is 3.68. The van der Waals surface area contributed by atoms with E-state index >= 15 is 0 Å². The second-order valence-corrected chi connectivity index (χ2v) is 7.91. The van der Waals surface area contributed by atoms with Gasteiger partial charge in [-0.2, -0.15) is 13.2 Å². The molecule has 1 aromatic heterocycles. The maximum Gasteiger partial charge on any atom is 0.416 e. The Morgan fingerprint density at radius 2 is 1.64 bits per heavy atom. The molecule has 7 nitrogen and oxygen atoms in total. The molecule has 0 unspecified atom stereocenters. The zero-order valence-electron chi connectivity index (χ0n) is 19.1. The van der Waals surface area contributed by atoms with E-state index < -0.39 is 29.8 Å². The lowest BCUT2D eigenvalue weighted by Crippen LogP contribution is -2.30. The van der Waals surface area contributed by atoms with Crippen LogP contribution in [0.15, 0.2) is 77.6 Å². The third-order valence-corrected chi connectivity index (χ3v) is 5.41. The molecule has 0 fully saturated rings. The Hall–Kier alpha value is -4.47. The first-order valence-corrected chi connectivity index (χ1v) is 11.0. The average Bonchev–Trinajstić information content (AvgIpc) is 2.85. The second kappa shape index (κ2) is 10.0. The van der Waals surface area contributed by atoms with Crippen LogP contribution in [0, 0.1) is 0 Å². The Bertz CT molecular complexity index is 1510. The number of aromatic nitrogens is 2. The van der Waals surface area contributed by atoms with Crippen LogP contribution in [0.25, 0.3) is 22.3 Å². The molecule has 1 heterocycles. The van der Waals surface area contributed by atoms with Crippen LogP contribution in [-0.2, 0) is 22.3 Å². The van der Waals surface area contributed by atoms with Gasteiger partial charge < -0.3 is 10.6 Å². The number of para-hydroxylation sites is 3. The molecular formula is C26H21F3N4O3. The Morgan fingerprint density at radius 1 is 0.917 bits per heavy atom. The molecule has 184 valence electrons. The molecule has 4 aromatic rings. The predicted molar refractivity (Wildman–Crippen MR) is 130 cm³/mol. The summed E-state index contributed by atoms with van der Waals surface area (Å²) in [6.07, 6.45) is -4.33. The van der Waals surface area contributed by atoms with Gasteiger partial charge in [0.05, 0.1) is 22.3 Å². The van der Waals surface area contributed by atoms with Crippen molar-refractivity contribution in [3.05, 3.63) is 88.7 Å². The lowest BCUT2D eigenvalue weighted by atomic mass is 10.1. The molecule has 0 bridgehead atoms. The van der Waals surface area contributed by atoms with E-state index in [1.807, 2.05) is 0 Å². The molecule has 0 atom stereocenters. The van der Waals surface area contributed by atoms with Gasteiger partial charge in [-0.05, 0) is 36.4 Å². The summed E-state index contributed by atoms with van der Waals surface area (Å²) in [5, 5.41) is 5.17. The zero-order valence-corrected chi connectivity index (χ0v) is 19.1. The summed E-state index contributed by atoms with van der Waals surface area (Å²) in [4.78, 5) is 42.8. The van der Waals surface area contributed by atoms with Crippen molar-refractivity contribution in [3.63, 3.8) is 0 Å². The number of amides is 2. The van der Waals surface area contributed by atoms with Crippen LogP contribution < -0.4 is 16.2 Å². The number of carbonyl (C=O) groups excluding carboxylic acids is 2. The van der Waals surface area contributed by atoms with Crippen molar-refractivity contribution in [1.29, 1.82) is 0 Å². The fraction of sp³-hybridized carbons (Fsp3) is 0.154. The van der Waals surface area contributed by atoms with Gasteiger partial charge in [-0.15, -0.1) is 0 Å². The van der Waals surface area contributed by atoms with Gasteiger partial charge in [0.1, 0.15) is 12.2 Å². The van der Waals surface area contributed by atoms with Crippen LogP contribution >= 0.6 is 0 Å². The number of hydrogen-bond donors (Lipinski definition) is 2. The number of carbonyl (C=O) groups is 2. The van der Waals surface area contributed by atoms with Crippen LogP contribution in [0.3, 0.4) is 0 Å². The largest absolute Gasteiger partial charge is 0.416 e. The normalized spacial score (nSPS) is 11.3. The number of hydrogen-bond acceptors (Lipinski definition) is 4. The van der Waals surface area contributed by atoms with Crippen molar-refractivity contribution in [1.82, 2.24) is 9.55 Å². The molecule has 0 aliphatic rings. The van der Waals surface area contributed by atoms with Crippen molar-refractivity contribution in [2.24, 2.45) is 0 Å². The minimum atomic E-state index is -4.56. The Labute approximate surface area is 203 Å². The minimum Gasteiger partial charge on any atom is -0.325 e. The van der Waals surface area contributed by atoms with Gasteiger partial charge in [0.25, 0.3) is 5.56 Å². The minimum absolute atomic E-state index is 0.0209.